The minimum Gasteiger partial charge on any atom is -0.465 e. The Balaban J connectivity index is 1.93. The van der Waals surface area contributed by atoms with Crippen LogP contribution in [0.2, 0.25) is 0 Å². The van der Waals surface area contributed by atoms with E-state index in [-0.39, 0.29) is 29.9 Å². The second-order valence-corrected chi connectivity index (χ2v) is 7.76. The highest BCUT2D eigenvalue weighted by Crippen LogP contribution is 2.34. The summed E-state index contributed by atoms with van der Waals surface area (Å²) in [4.78, 5) is 25.0. The average molecular weight is 324 g/mol. The molecule has 0 aromatic carbocycles. The molecule has 0 radical (unpaired) electrons. The average Bonchev–Trinajstić information content (AvgIpc) is 2.54. The Morgan fingerprint density at radius 3 is 2.09 bits per heavy atom. The minimum atomic E-state index is -0.311. The van der Waals surface area contributed by atoms with Crippen molar-refractivity contribution in [1.82, 2.24) is 0 Å². The second kappa shape index (κ2) is 8.70. The van der Waals surface area contributed by atoms with Crippen LogP contribution < -0.4 is 0 Å². The zero-order chi connectivity index (χ0) is 16.8. The van der Waals surface area contributed by atoms with Crippen LogP contribution in [0.5, 0.6) is 0 Å². The Hall–Kier alpha value is -1.06. The Morgan fingerprint density at radius 1 is 0.913 bits per heavy atom. The molecular weight excluding hydrogens is 292 g/mol. The lowest BCUT2D eigenvalue weighted by Gasteiger charge is -2.33. The first-order valence-electron chi connectivity index (χ1n) is 9.36. The van der Waals surface area contributed by atoms with E-state index < -0.39 is 0 Å². The number of hydrogen-bond acceptors (Lipinski definition) is 4. The van der Waals surface area contributed by atoms with Crippen LogP contribution in [0, 0.1) is 23.7 Å². The molecule has 0 aromatic heterocycles. The molecule has 2 saturated carbocycles. The highest BCUT2D eigenvalue weighted by Gasteiger charge is 2.39. The van der Waals surface area contributed by atoms with Crippen molar-refractivity contribution in [2.75, 3.05) is 6.61 Å². The first-order valence-corrected chi connectivity index (χ1v) is 9.36. The summed E-state index contributed by atoms with van der Waals surface area (Å²) in [6.07, 6.45) is 7.96. The molecule has 0 bridgehead atoms. The number of rotatable bonds is 5. The van der Waals surface area contributed by atoms with E-state index in [4.69, 9.17) is 9.47 Å². The van der Waals surface area contributed by atoms with Crippen LogP contribution in [0.3, 0.4) is 0 Å². The van der Waals surface area contributed by atoms with Crippen LogP contribution in [0.15, 0.2) is 0 Å². The van der Waals surface area contributed by atoms with Crippen molar-refractivity contribution in [1.29, 1.82) is 0 Å². The third-order valence-corrected chi connectivity index (χ3v) is 5.23. The predicted molar refractivity (Wildman–Crippen MR) is 88.8 cm³/mol. The van der Waals surface area contributed by atoms with Gasteiger partial charge in [-0.3, -0.25) is 9.59 Å². The molecule has 0 spiro atoms. The van der Waals surface area contributed by atoms with Gasteiger partial charge in [0.15, 0.2) is 0 Å². The summed E-state index contributed by atoms with van der Waals surface area (Å²) < 4.78 is 11.2. The van der Waals surface area contributed by atoms with Gasteiger partial charge in [-0.05, 0) is 43.9 Å². The predicted octanol–water partition coefficient (Wildman–Crippen LogP) is 4.11. The molecule has 2 rings (SSSR count). The second-order valence-electron chi connectivity index (χ2n) is 7.76. The van der Waals surface area contributed by atoms with Crippen LogP contribution in [0.25, 0.3) is 0 Å². The standard InChI is InChI=1S/C19H32O4/c1-13(2)12-22-18(20)15-9-5-6-10-16(15)19(21)23-17-11-7-4-8-14(17)3/h13-17H,4-12H2,1-3H3. The molecule has 0 aliphatic heterocycles. The molecule has 0 N–H and O–H groups in total. The molecule has 0 heterocycles. The van der Waals surface area contributed by atoms with Gasteiger partial charge in [-0.2, -0.15) is 0 Å². The molecule has 0 amide bonds. The molecule has 0 aromatic rings. The number of esters is 2. The number of carbonyl (C=O) groups excluding carboxylic acids is 2. The van der Waals surface area contributed by atoms with Gasteiger partial charge in [-0.15, -0.1) is 0 Å². The lowest BCUT2D eigenvalue weighted by Crippen LogP contribution is -2.38. The Kier molecular flexibility index (Phi) is 6.91. The normalized spacial score (nSPS) is 31.7. The lowest BCUT2D eigenvalue weighted by molar-refractivity contribution is -0.169. The van der Waals surface area contributed by atoms with Crippen LogP contribution in [0.4, 0.5) is 0 Å². The van der Waals surface area contributed by atoms with Gasteiger partial charge >= 0.3 is 11.9 Å². The van der Waals surface area contributed by atoms with Crippen molar-refractivity contribution >= 4 is 11.9 Å². The molecule has 4 nitrogen and oxygen atoms in total. The number of ether oxygens (including phenoxy) is 2. The monoisotopic (exact) mass is 324 g/mol. The quantitative estimate of drug-likeness (QED) is 0.714. The smallest absolute Gasteiger partial charge is 0.310 e. The maximum absolute atomic E-state index is 12.6. The van der Waals surface area contributed by atoms with Gasteiger partial charge in [0.2, 0.25) is 0 Å². The summed E-state index contributed by atoms with van der Waals surface area (Å²) in [5, 5.41) is 0. The number of carbonyl (C=O) groups is 2. The molecule has 4 unspecified atom stereocenters. The molecule has 4 heteroatoms. The van der Waals surface area contributed by atoms with Gasteiger partial charge in [0.25, 0.3) is 0 Å². The van der Waals surface area contributed by atoms with Crippen molar-refractivity contribution in [3.8, 4) is 0 Å². The Morgan fingerprint density at radius 2 is 1.48 bits per heavy atom. The SMILES string of the molecule is CC(C)COC(=O)C1CCCCC1C(=O)OC1CCCCC1C. The van der Waals surface area contributed by atoms with Crippen molar-refractivity contribution in [3.05, 3.63) is 0 Å². The van der Waals surface area contributed by atoms with E-state index in [1.165, 1.54) is 6.42 Å². The highest BCUT2D eigenvalue weighted by molar-refractivity contribution is 5.82. The fourth-order valence-corrected chi connectivity index (χ4v) is 3.74. The van der Waals surface area contributed by atoms with E-state index >= 15 is 0 Å². The maximum Gasteiger partial charge on any atom is 0.310 e. The van der Waals surface area contributed by atoms with Crippen molar-refractivity contribution < 1.29 is 19.1 Å². The number of hydrogen-bond donors (Lipinski definition) is 0. The molecule has 23 heavy (non-hydrogen) atoms. The first kappa shape index (κ1) is 18.3. The fourth-order valence-electron chi connectivity index (χ4n) is 3.74. The largest absolute Gasteiger partial charge is 0.465 e. The third kappa shape index (κ3) is 5.22. The van der Waals surface area contributed by atoms with E-state index in [0.717, 1.165) is 44.9 Å². The molecule has 132 valence electrons. The van der Waals surface area contributed by atoms with Crippen molar-refractivity contribution in [2.24, 2.45) is 23.7 Å². The summed E-state index contributed by atoms with van der Waals surface area (Å²) in [5.74, 6) is -0.253. The van der Waals surface area contributed by atoms with E-state index in [2.05, 4.69) is 6.92 Å². The molecule has 2 aliphatic carbocycles. The lowest BCUT2D eigenvalue weighted by atomic mass is 9.79. The molecule has 2 aliphatic rings. The minimum absolute atomic E-state index is 0.0329. The molecule has 4 atom stereocenters. The maximum atomic E-state index is 12.6. The first-order chi connectivity index (χ1) is 11.0. The third-order valence-electron chi connectivity index (χ3n) is 5.23. The van der Waals surface area contributed by atoms with Gasteiger partial charge in [-0.25, -0.2) is 0 Å². The van der Waals surface area contributed by atoms with Crippen LogP contribution in [0.1, 0.15) is 72.1 Å². The van der Waals surface area contributed by atoms with E-state index in [1.807, 2.05) is 13.8 Å². The van der Waals surface area contributed by atoms with Gasteiger partial charge in [0.1, 0.15) is 6.10 Å². The summed E-state index contributed by atoms with van der Waals surface area (Å²) in [6, 6.07) is 0. The Bertz CT molecular complexity index is 404. The summed E-state index contributed by atoms with van der Waals surface area (Å²) in [6.45, 7) is 6.62. The van der Waals surface area contributed by atoms with E-state index in [1.54, 1.807) is 0 Å². The molecule has 0 saturated heterocycles. The topological polar surface area (TPSA) is 52.6 Å². The van der Waals surface area contributed by atoms with Crippen molar-refractivity contribution in [2.45, 2.75) is 78.2 Å². The van der Waals surface area contributed by atoms with Crippen molar-refractivity contribution in [3.63, 3.8) is 0 Å². The highest BCUT2D eigenvalue weighted by atomic mass is 16.5. The zero-order valence-electron chi connectivity index (χ0n) is 14.9. The summed E-state index contributed by atoms with van der Waals surface area (Å²) in [7, 11) is 0. The van der Waals surface area contributed by atoms with E-state index in [0.29, 0.717) is 18.4 Å². The molecular formula is C19H32O4. The van der Waals surface area contributed by atoms with Crippen LogP contribution in [-0.2, 0) is 19.1 Å². The fraction of sp³-hybridized carbons (Fsp3) is 0.895. The van der Waals surface area contributed by atoms with Gasteiger partial charge < -0.3 is 9.47 Å². The van der Waals surface area contributed by atoms with Gasteiger partial charge in [-0.1, -0.05) is 40.0 Å². The zero-order valence-corrected chi connectivity index (χ0v) is 14.9. The van der Waals surface area contributed by atoms with Crippen LogP contribution >= 0.6 is 0 Å². The Labute approximate surface area is 140 Å². The molecule has 2 fully saturated rings. The van der Waals surface area contributed by atoms with Gasteiger partial charge in [0.05, 0.1) is 18.4 Å². The summed E-state index contributed by atoms with van der Waals surface area (Å²) >= 11 is 0. The van der Waals surface area contributed by atoms with E-state index in [9.17, 15) is 9.59 Å². The van der Waals surface area contributed by atoms with Crippen LogP contribution in [-0.4, -0.2) is 24.6 Å². The summed E-state index contributed by atoms with van der Waals surface area (Å²) in [5.41, 5.74) is 0. The van der Waals surface area contributed by atoms with Gasteiger partial charge in [0, 0.05) is 0 Å².